The molecule has 0 aromatic carbocycles. The molecule has 0 spiro atoms. The van der Waals surface area contributed by atoms with Gasteiger partial charge in [-0.15, -0.1) is 0 Å². The number of esters is 2. The Morgan fingerprint density at radius 3 is 2.39 bits per heavy atom. The summed E-state index contributed by atoms with van der Waals surface area (Å²) < 4.78 is 4.33. The Morgan fingerprint density at radius 2 is 1.89 bits per heavy atom. The maximum absolute atomic E-state index is 11.5. The van der Waals surface area contributed by atoms with Crippen LogP contribution in [0.25, 0.3) is 0 Å². The van der Waals surface area contributed by atoms with Crippen LogP contribution >= 0.6 is 0 Å². The number of aliphatic carboxylic acids is 1. The van der Waals surface area contributed by atoms with Gasteiger partial charge in [-0.2, -0.15) is 0 Å². The highest BCUT2D eigenvalue weighted by atomic mass is 16.6. The first-order valence-electron chi connectivity index (χ1n) is 5.48. The number of aliphatic hydroxyl groups excluding tert-OH is 2. The molecule has 0 amide bonds. The summed E-state index contributed by atoms with van der Waals surface area (Å²) >= 11 is 0. The van der Waals surface area contributed by atoms with E-state index in [1.807, 2.05) is 0 Å². The molecule has 8 heteroatoms. The van der Waals surface area contributed by atoms with E-state index in [0.29, 0.717) is 13.0 Å². The molecular weight excluding hydrogens is 246 g/mol. The van der Waals surface area contributed by atoms with Gasteiger partial charge in [0.05, 0.1) is 5.92 Å². The summed E-state index contributed by atoms with van der Waals surface area (Å²) in [6, 6.07) is 0. The molecule has 0 aromatic rings. The molecule has 3 atom stereocenters. The molecule has 1 aliphatic heterocycles. The second-order valence-electron chi connectivity index (χ2n) is 4.01. The number of carbonyl (C=O) groups excluding carboxylic acids is 2. The van der Waals surface area contributed by atoms with Crippen LogP contribution in [0.5, 0.6) is 0 Å². The van der Waals surface area contributed by atoms with Gasteiger partial charge in [0.15, 0.2) is 12.2 Å². The standard InChI is InChI=1S/C10H15NO7/c12-6(8(14)15)7(13)10(17)18-9(16)5-2-1-3-11-4-5/h5-7,11-13H,1-4H2,(H,14,15). The zero-order valence-electron chi connectivity index (χ0n) is 9.54. The fourth-order valence-electron chi connectivity index (χ4n) is 1.56. The Kier molecular flexibility index (Phi) is 5.20. The number of hydrogen-bond donors (Lipinski definition) is 4. The van der Waals surface area contributed by atoms with Crippen LogP contribution < -0.4 is 5.32 Å². The highest BCUT2D eigenvalue weighted by Crippen LogP contribution is 2.12. The number of carboxylic acid groups (broad SMARTS) is 1. The lowest BCUT2D eigenvalue weighted by Crippen LogP contribution is -2.43. The van der Waals surface area contributed by atoms with Crippen molar-refractivity contribution in [1.29, 1.82) is 0 Å². The van der Waals surface area contributed by atoms with Gasteiger partial charge in [0, 0.05) is 6.54 Å². The molecule has 18 heavy (non-hydrogen) atoms. The molecule has 8 nitrogen and oxygen atoms in total. The van der Waals surface area contributed by atoms with Crippen LogP contribution in [0.1, 0.15) is 12.8 Å². The molecule has 0 aliphatic carbocycles. The second kappa shape index (κ2) is 6.43. The van der Waals surface area contributed by atoms with E-state index in [-0.39, 0.29) is 0 Å². The molecule has 1 aliphatic rings. The van der Waals surface area contributed by atoms with E-state index in [4.69, 9.17) is 15.3 Å². The molecule has 102 valence electrons. The molecule has 4 N–H and O–H groups in total. The third-order valence-electron chi connectivity index (χ3n) is 2.62. The average Bonchev–Trinajstić information content (AvgIpc) is 2.37. The molecule has 1 heterocycles. The van der Waals surface area contributed by atoms with E-state index >= 15 is 0 Å². The average molecular weight is 261 g/mol. The Bertz CT molecular complexity index is 337. The molecule has 1 rings (SSSR count). The van der Waals surface area contributed by atoms with Gasteiger partial charge in [-0.05, 0) is 19.4 Å². The third kappa shape index (κ3) is 3.76. The molecule has 0 saturated carbocycles. The van der Waals surface area contributed by atoms with Crippen molar-refractivity contribution < 1.29 is 34.4 Å². The first kappa shape index (κ1) is 14.6. The second-order valence-corrected chi connectivity index (χ2v) is 4.01. The lowest BCUT2D eigenvalue weighted by Gasteiger charge is -2.21. The Balaban J connectivity index is 2.48. The van der Waals surface area contributed by atoms with Gasteiger partial charge < -0.3 is 25.4 Å². The zero-order chi connectivity index (χ0) is 13.7. The lowest BCUT2D eigenvalue weighted by molar-refractivity contribution is -0.177. The van der Waals surface area contributed by atoms with Crippen molar-refractivity contribution in [2.45, 2.75) is 25.0 Å². The smallest absolute Gasteiger partial charge is 0.346 e. The number of nitrogens with one attached hydrogen (secondary N) is 1. The third-order valence-corrected chi connectivity index (χ3v) is 2.62. The Labute approximate surface area is 103 Å². The maximum Gasteiger partial charge on any atom is 0.346 e. The SMILES string of the molecule is O=C(OC(=O)C(O)C(O)C(=O)O)C1CCCNC1. The minimum atomic E-state index is -2.31. The van der Waals surface area contributed by atoms with Crippen LogP contribution in [0.15, 0.2) is 0 Å². The quantitative estimate of drug-likeness (QED) is 0.333. The first-order valence-corrected chi connectivity index (χ1v) is 5.48. The number of carbonyl (C=O) groups is 3. The summed E-state index contributed by atoms with van der Waals surface area (Å²) in [5.74, 6) is -4.56. The summed E-state index contributed by atoms with van der Waals surface area (Å²) in [5, 5.41) is 29.4. The number of ether oxygens (including phenoxy) is 1. The van der Waals surface area contributed by atoms with Gasteiger partial charge >= 0.3 is 17.9 Å². The van der Waals surface area contributed by atoms with Crippen LogP contribution in [0.4, 0.5) is 0 Å². The van der Waals surface area contributed by atoms with Crippen molar-refractivity contribution in [2.24, 2.45) is 5.92 Å². The zero-order valence-corrected chi connectivity index (χ0v) is 9.54. The minimum absolute atomic E-state index is 0.365. The largest absolute Gasteiger partial charge is 0.479 e. The lowest BCUT2D eigenvalue weighted by atomic mass is 10.00. The van der Waals surface area contributed by atoms with Gasteiger partial charge in [0.2, 0.25) is 0 Å². The summed E-state index contributed by atoms with van der Waals surface area (Å²) in [6.45, 7) is 1.14. The summed E-state index contributed by atoms with van der Waals surface area (Å²) in [4.78, 5) is 33.0. The van der Waals surface area contributed by atoms with E-state index in [9.17, 15) is 14.4 Å². The monoisotopic (exact) mass is 261 g/mol. The van der Waals surface area contributed by atoms with E-state index in [0.717, 1.165) is 13.0 Å². The van der Waals surface area contributed by atoms with Crippen LogP contribution in [-0.4, -0.2) is 58.5 Å². The molecule has 0 aromatic heterocycles. The van der Waals surface area contributed by atoms with Crippen molar-refractivity contribution >= 4 is 17.9 Å². The molecule has 3 unspecified atom stereocenters. The van der Waals surface area contributed by atoms with Crippen molar-refractivity contribution in [1.82, 2.24) is 5.32 Å². The highest BCUT2D eigenvalue weighted by Gasteiger charge is 2.34. The van der Waals surface area contributed by atoms with E-state index < -0.39 is 36.0 Å². The van der Waals surface area contributed by atoms with Crippen molar-refractivity contribution in [3.05, 3.63) is 0 Å². The number of piperidine rings is 1. The van der Waals surface area contributed by atoms with Crippen LogP contribution in [-0.2, 0) is 19.1 Å². The van der Waals surface area contributed by atoms with Crippen LogP contribution in [0.2, 0.25) is 0 Å². The van der Waals surface area contributed by atoms with Crippen molar-refractivity contribution in [3.8, 4) is 0 Å². The Hall–Kier alpha value is -1.51. The Morgan fingerprint density at radius 1 is 1.22 bits per heavy atom. The van der Waals surface area contributed by atoms with Crippen LogP contribution in [0.3, 0.4) is 0 Å². The predicted octanol–water partition coefficient (Wildman–Crippen LogP) is -2.14. The van der Waals surface area contributed by atoms with Gasteiger partial charge in [-0.25, -0.2) is 9.59 Å². The summed E-state index contributed by atoms with van der Waals surface area (Å²) in [6.07, 6.45) is -3.27. The predicted molar refractivity (Wildman–Crippen MR) is 56.3 cm³/mol. The highest BCUT2D eigenvalue weighted by molar-refractivity contribution is 5.92. The number of carboxylic acids is 1. The fourth-order valence-corrected chi connectivity index (χ4v) is 1.56. The van der Waals surface area contributed by atoms with E-state index in [1.54, 1.807) is 0 Å². The molecular formula is C10H15NO7. The first-order chi connectivity index (χ1) is 8.43. The topological polar surface area (TPSA) is 133 Å². The van der Waals surface area contributed by atoms with Gasteiger partial charge in [0.25, 0.3) is 0 Å². The normalized spacial score (nSPS) is 22.9. The maximum atomic E-state index is 11.5. The molecule has 0 bridgehead atoms. The van der Waals surface area contributed by atoms with Crippen molar-refractivity contribution in [2.75, 3.05) is 13.1 Å². The number of aliphatic hydroxyl groups is 2. The number of rotatable bonds is 4. The molecule has 1 saturated heterocycles. The van der Waals surface area contributed by atoms with E-state index in [1.165, 1.54) is 0 Å². The van der Waals surface area contributed by atoms with E-state index in [2.05, 4.69) is 10.1 Å². The number of hydrogen-bond acceptors (Lipinski definition) is 7. The van der Waals surface area contributed by atoms with Gasteiger partial charge in [-0.1, -0.05) is 0 Å². The molecule has 1 fully saturated rings. The van der Waals surface area contributed by atoms with Crippen molar-refractivity contribution in [3.63, 3.8) is 0 Å². The van der Waals surface area contributed by atoms with Gasteiger partial charge in [-0.3, -0.25) is 4.79 Å². The van der Waals surface area contributed by atoms with Crippen LogP contribution in [0, 0.1) is 5.92 Å². The summed E-state index contributed by atoms with van der Waals surface area (Å²) in [7, 11) is 0. The van der Waals surface area contributed by atoms with Gasteiger partial charge in [0.1, 0.15) is 0 Å². The minimum Gasteiger partial charge on any atom is -0.479 e. The summed E-state index contributed by atoms with van der Waals surface area (Å²) in [5.41, 5.74) is 0. The molecule has 0 radical (unpaired) electrons. The fraction of sp³-hybridized carbons (Fsp3) is 0.700.